The van der Waals surface area contributed by atoms with Gasteiger partial charge in [-0.05, 0) is 75.6 Å². The van der Waals surface area contributed by atoms with Gasteiger partial charge in [-0.25, -0.2) is 9.67 Å². The van der Waals surface area contributed by atoms with Gasteiger partial charge >= 0.3 is 0 Å². The van der Waals surface area contributed by atoms with E-state index in [1.165, 1.54) is 12.8 Å². The van der Waals surface area contributed by atoms with Crippen LogP contribution in [-0.4, -0.2) is 72.2 Å². The topological polar surface area (TPSA) is 135 Å². The first-order valence-corrected chi connectivity index (χ1v) is 17.4. The van der Waals surface area contributed by atoms with Gasteiger partial charge in [-0.3, -0.25) is 4.79 Å². The molecule has 3 aromatic heterocycles. The van der Waals surface area contributed by atoms with Crippen LogP contribution in [0.3, 0.4) is 0 Å². The van der Waals surface area contributed by atoms with Crippen LogP contribution in [-0.2, 0) is 13.6 Å². The van der Waals surface area contributed by atoms with Crippen LogP contribution in [0.25, 0.3) is 39.1 Å². The Morgan fingerprint density at radius 3 is 2.60 bits per heavy atom. The van der Waals surface area contributed by atoms with Crippen LogP contribution in [0.4, 0.5) is 0 Å². The Hall–Kier alpha value is -4.48. The van der Waals surface area contributed by atoms with Crippen molar-refractivity contribution in [2.45, 2.75) is 70.0 Å². The van der Waals surface area contributed by atoms with Crippen LogP contribution in [0.1, 0.15) is 67.4 Å². The number of rotatable bonds is 8. The number of amides is 1. The molecule has 2 aromatic carbocycles. The lowest BCUT2D eigenvalue weighted by atomic mass is 9.85. The molecule has 2 saturated carbocycles. The minimum atomic E-state index is -0.0477. The van der Waals surface area contributed by atoms with Crippen LogP contribution in [0, 0.1) is 11.8 Å². The van der Waals surface area contributed by atoms with E-state index in [9.17, 15) is 4.79 Å². The van der Waals surface area contributed by atoms with Gasteiger partial charge in [0.05, 0.1) is 41.4 Å². The number of aryl methyl sites for hydroxylation is 1. The van der Waals surface area contributed by atoms with Gasteiger partial charge in [0, 0.05) is 61.6 Å². The predicted molar refractivity (Wildman–Crippen MR) is 187 cm³/mol. The molecule has 250 valence electrons. The number of methoxy groups -OCH3 is 1. The lowest BCUT2D eigenvalue weighted by Crippen LogP contribution is -2.44. The molecule has 3 aliphatic rings. The highest BCUT2D eigenvalue weighted by molar-refractivity contribution is 6.00. The van der Waals surface area contributed by atoms with Gasteiger partial charge in [0.1, 0.15) is 11.3 Å². The van der Waals surface area contributed by atoms with E-state index in [-0.39, 0.29) is 17.9 Å². The summed E-state index contributed by atoms with van der Waals surface area (Å²) in [6.07, 6.45) is 12.9. The van der Waals surface area contributed by atoms with E-state index >= 15 is 0 Å². The minimum absolute atomic E-state index is 0.0179. The Morgan fingerprint density at radius 1 is 1.04 bits per heavy atom. The lowest BCUT2D eigenvalue weighted by Gasteiger charge is -2.33. The number of hydrogen-bond acceptors (Lipinski definition) is 7. The molecule has 0 spiro atoms. The predicted octanol–water partition coefficient (Wildman–Crippen LogP) is 5.15. The zero-order chi connectivity index (χ0) is 33.1. The van der Waals surface area contributed by atoms with Crippen LogP contribution >= 0.6 is 0 Å². The fourth-order valence-electron chi connectivity index (χ4n) is 7.73. The van der Waals surface area contributed by atoms with Crippen molar-refractivity contribution in [3.05, 3.63) is 66.0 Å². The largest absolute Gasteiger partial charge is 0.494 e. The highest BCUT2D eigenvalue weighted by atomic mass is 16.5. The number of imidazole rings is 1. The van der Waals surface area contributed by atoms with Crippen molar-refractivity contribution < 1.29 is 9.53 Å². The summed E-state index contributed by atoms with van der Waals surface area (Å²) in [4.78, 5) is 21.0. The summed E-state index contributed by atoms with van der Waals surface area (Å²) in [6.45, 7) is 4.02. The molecule has 4 N–H and O–H groups in total. The number of carbonyl (C=O) groups excluding carboxylic acids is 1. The maximum Gasteiger partial charge on any atom is 0.254 e. The number of nitrogens with two attached hydrogens (primary N) is 2. The summed E-state index contributed by atoms with van der Waals surface area (Å²) in [5.41, 5.74) is 18.5. The Balaban J connectivity index is 1.22. The summed E-state index contributed by atoms with van der Waals surface area (Å²) in [7, 11) is 3.68. The molecule has 0 radical (unpaired) electrons. The summed E-state index contributed by atoms with van der Waals surface area (Å²) in [5.74, 6) is 2.56. The molecule has 11 heteroatoms. The molecule has 48 heavy (non-hydrogen) atoms. The number of para-hydroxylation sites is 1. The molecule has 2 fully saturated rings. The van der Waals surface area contributed by atoms with E-state index in [1.807, 2.05) is 35.7 Å². The highest BCUT2D eigenvalue weighted by Gasteiger charge is 2.30. The summed E-state index contributed by atoms with van der Waals surface area (Å²) in [6, 6.07) is 12.6. The van der Waals surface area contributed by atoms with Gasteiger partial charge < -0.3 is 30.2 Å². The maximum absolute atomic E-state index is 13.9. The van der Waals surface area contributed by atoms with Gasteiger partial charge in [0.25, 0.3) is 5.91 Å². The number of ether oxygens (including phenoxy) is 1. The zero-order valence-electron chi connectivity index (χ0n) is 28.0. The number of nitrogens with zero attached hydrogens (tertiary/aromatic N) is 7. The fourth-order valence-corrected chi connectivity index (χ4v) is 7.73. The first kappa shape index (κ1) is 30.8. The van der Waals surface area contributed by atoms with E-state index < -0.39 is 0 Å². The molecule has 4 heterocycles. The van der Waals surface area contributed by atoms with Gasteiger partial charge in [-0.2, -0.15) is 0 Å². The van der Waals surface area contributed by atoms with E-state index in [0.717, 1.165) is 77.1 Å². The van der Waals surface area contributed by atoms with Gasteiger partial charge in [-0.15, -0.1) is 5.10 Å². The van der Waals surface area contributed by atoms with Gasteiger partial charge in [0.2, 0.25) is 0 Å². The number of aromatic nitrogens is 6. The van der Waals surface area contributed by atoms with E-state index in [1.54, 1.807) is 7.11 Å². The number of hydrogen-bond donors (Lipinski definition) is 2. The molecule has 1 aliphatic heterocycles. The van der Waals surface area contributed by atoms with Crippen molar-refractivity contribution in [3.8, 4) is 23.0 Å². The third-order valence-electron chi connectivity index (χ3n) is 10.8. The highest BCUT2D eigenvalue weighted by Crippen LogP contribution is 2.40. The second kappa shape index (κ2) is 12.2. The fraction of sp³-hybridized carbons (Fsp3) is 0.459. The molecule has 2 aliphatic carbocycles. The van der Waals surface area contributed by atoms with Crippen LogP contribution in [0.15, 0.2) is 54.7 Å². The number of carbonyl (C=O) groups is 1. The molecule has 0 saturated heterocycles. The monoisotopic (exact) mass is 647 g/mol. The molecule has 11 nitrogen and oxygen atoms in total. The molecular weight excluding hydrogens is 602 g/mol. The first-order chi connectivity index (χ1) is 23.3. The lowest BCUT2D eigenvalue weighted by molar-refractivity contribution is 0.0693. The second-order valence-corrected chi connectivity index (χ2v) is 14.1. The Kier molecular flexibility index (Phi) is 7.83. The Bertz CT molecular complexity index is 2020. The second-order valence-electron chi connectivity index (χ2n) is 14.1. The van der Waals surface area contributed by atoms with Crippen LogP contribution < -0.4 is 16.2 Å². The Labute approximate surface area is 280 Å². The van der Waals surface area contributed by atoms with Crippen LogP contribution in [0.2, 0.25) is 0 Å². The standard InChI is InChI=1S/C37H45N9O2/c1-22-7-8-24(18-38)20-44(22)37(47)27-15-29-35(33(17-27)48-3)43(2)36(40-29)32-16-26-5-4-6-31(34(26)45(32)19-23-9-10-23)46-21-30(41-42-46)25-11-13-28(39)14-12-25/h4-8,15-17,21-25,28H,9-14,18-20,38-39H2,1-3H3/t22-,24?,25?,28?/m0/s1. The quantitative estimate of drug-likeness (QED) is 0.222. The van der Waals surface area contributed by atoms with E-state index in [4.69, 9.17) is 21.2 Å². The third-order valence-corrected chi connectivity index (χ3v) is 10.8. The SMILES string of the molecule is COc1cc(C(=O)N2CC(CN)C=C[C@@H]2C)cc2nc(-c3cc4cccc(-n5cc(C6CCC(N)CC6)nn5)c4n3CC3CC3)n(C)c12. The maximum atomic E-state index is 13.9. The summed E-state index contributed by atoms with van der Waals surface area (Å²) >= 11 is 0. The minimum Gasteiger partial charge on any atom is -0.494 e. The van der Waals surface area contributed by atoms with Crippen LogP contribution in [0.5, 0.6) is 5.75 Å². The van der Waals surface area contributed by atoms with Crippen molar-refractivity contribution in [1.82, 2.24) is 34.0 Å². The van der Waals surface area contributed by atoms with Gasteiger partial charge in [0.15, 0.2) is 5.82 Å². The average molecular weight is 648 g/mol. The molecule has 5 aromatic rings. The average Bonchev–Trinajstić information content (AvgIpc) is 3.50. The molecule has 0 bridgehead atoms. The number of fused-ring (bicyclic) bond motifs is 2. The smallest absolute Gasteiger partial charge is 0.254 e. The van der Waals surface area contributed by atoms with Crippen molar-refractivity contribution in [1.29, 1.82) is 0 Å². The van der Waals surface area contributed by atoms with Crippen molar-refractivity contribution >= 4 is 27.8 Å². The summed E-state index contributed by atoms with van der Waals surface area (Å²) < 4.78 is 12.4. The summed E-state index contributed by atoms with van der Waals surface area (Å²) in [5, 5.41) is 10.4. The molecule has 1 unspecified atom stereocenters. The number of benzene rings is 2. The molecule has 2 atom stereocenters. The normalized spacial score (nSPS) is 23.0. The van der Waals surface area contributed by atoms with Crippen molar-refractivity contribution in [2.75, 3.05) is 20.2 Å². The first-order valence-electron chi connectivity index (χ1n) is 17.4. The Morgan fingerprint density at radius 2 is 1.85 bits per heavy atom. The molecular formula is C37H45N9O2. The van der Waals surface area contributed by atoms with E-state index in [2.05, 4.69) is 62.1 Å². The molecule has 8 rings (SSSR count). The van der Waals surface area contributed by atoms with Crippen molar-refractivity contribution in [3.63, 3.8) is 0 Å². The van der Waals surface area contributed by atoms with Crippen molar-refractivity contribution in [2.24, 2.45) is 30.4 Å². The third kappa shape index (κ3) is 5.38. The zero-order valence-corrected chi connectivity index (χ0v) is 28.0. The van der Waals surface area contributed by atoms with E-state index in [0.29, 0.717) is 42.3 Å². The molecule has 1 amide bonds. The van der Waals surface area contributed by atoms with Gasteiger partial charge in [-0.1, -0.05) is 29.5 Å².